The molecule has 66 valence electrons. The maximum absolute atomic E-state index is 5.66. The Hall–Kier alpha value is -0.120. The lowest BCUT2D eigenvalue weighted by Crippen LogP contribution is -2.43. The fourth-order valence-corrected chi connectivity index (χ4v) is 1.58. The average molecular weight is 158 g/mol. The Morgan fingerprint density at radius 1 is 1.64 bits per heavy atom. The first-order valence-corrected chi connectivity index (χ1v) is 4.30. The first-order chi connectivity index (χ1) is 5.27. The van der Waals surface area contributed by atoms with Gasteiger partial charge in [-0.1, -0.05) is 0 Å². The number of ether oxygens (including phenoxy) is 1. The fraction of sp³-hybridized carbons (Fsp3) is 1.00. The maximum Gasteiger partial charge on any atom is 0.0744 e. The van der Waals surface area contributed by atoms with Crippen molar-refractivity contribution in [3.8, 4) is 0 Å². The third-order valence-corrected chi connectivity index (χ3v) is 2.34. The Balaban J connectivity index is 2.34. The average Bonchev–Trinajstić information content (AvgIpc) is 2.39. The number of hydrogen-bond acceptors (Lipinski definition) is 3. The van der Waals surface area contributed by atoms with E-state index >= 15 is 0 Å². The van der Waals surface area contributed by atoms with Gasteiger partial charge in [0.2, 0.25) is 0 Å². The van der Waals surface area contributed by atoms with Crippen LogP contribution in [0.15, 0.2) is 0 Å². The van der Waals surface area contributed by atoms with Crippen molar-refractivity contribution in [2.75, 3.05) is 13.6 Å². The van der Waals surface area contributed by atoms with Gasteiger partial charge in [0.1, 0.15) is 0 Å². The molecule has 0 aromatic rings. The molecule has 0 radical (unpaired) electrons. The molecule has 3 atom stereocenters. The first-order valence-electron chi connectivity index (χ1n) is 4.30. The van der Waals surface area contributed by atoms with Gasteiger partial charge in [0, 0.05) is 12.6 Å². The molecule has 3 unspecified atom stereocenters. The molecule has 0 spiro atoms. The Morgan fingerprint density at radius 3 is 2.73 bits per heavy atom. The van der Waals surface area contributed by atoms with Gasteiger partial charge in [0.25, 0.3) is 0 Å². The van der Waals surface area contributed by atoms with E-state index in [2.05, 4.69) is 12.2 Å². The van der Waals surface area contributed by atoms with Crippen LogP contribution < -0.4 is 11.1 Å². The van der Waals surface area contributed by atoms with E-state index in [1.807, 2.05) is 7.05 Å². The second-order valence-corrected chi connectivity index (χ2v) is 3.19. The third kappa shape index (κ3) is 2.15. The lowest BCUT2D eigenvalue weighted by molar-refractivity contribution is 0.0356. The summed E-state index contributed by atoms with van der Waals surface area (Å²) in [4.78, 5) is 0. The van der Waals surface area contributed by atoms with Crippen molar-refractivity contribution in [1.29, 1.82) is 0 Å². The lowest BCUT2D eigenvalue weighted by atomic mass is 10.1. The van der Waals surface area contributed by atoms with Crippen LogP contribution in [0.2, 0.25) is 0 Å². The quantitative estimate of drug-likeness (QED) is 0.612. The van der Waals surface area contributed by atoms with E-state index in [0.717, 1.165) is 6.42 Å². The minimum Gasteiger partial charge on any atom is -0.374 e. The van der Waals surface area contributed by atoms with Crippen LogP contribution in [-0.4, -0.2) is 31.8 Å². The molecule has 1 aliphatic rings. The largest absolute Gasteiger partial charge is 0.374 e. The predicted molar refractivity (Wildman–Crippen MR) is 45.5 cm³/mol. The van der Waals surface area contributed by atoms with Crippen molar-refractivity contribution in [2.45, 2.75) is 38.0 Å². The number of rotatable bonds is 3. The highest BCUT2D eigenvalue weighted by molar-refractivity contribution is 4.82. The van der Waals surface area contributed by atoms with Crippen LogP contribution in [0.3, 0.4) is 0 Å². The molecule has 0 aromatic carbocycles. The van der Waals surface area contributed by atoms with Crippen LogP contribution in [0.1, 0.15) is 19.8 Å². The van der Waals surface area contributed by atoms with E-state index in [4.69, 9.17) is 10.5 Å². The smallest absolute Gasteiger partial charge is 0.0744 e. The maximum atomic E-state index is 5.66. The molecule has 0 amide bonds. The molecule has 1 aliphatic heterocycles. The van der Waals surface area contributed by atoms with Crippen molar-refractivity contribution < 1.29 is 4.74 Å². The molecule has 3 N–H and O–H groups in total. The first kappa shape index (κ1) is 8.97. The minimum absolute atomic E-state index is 0.333. The summed E-state index contributed by atoms with van der Waals surface area (Å²) in [6.07, 6.45) is 3.06. The summed E-state index contributed by atoms with van der Waals surface area (Å²) in [7, 11) is 1.93. The molecule has 1 fully saturated rings. The van der Waals surface area contributed by atoms with Gasteiger partial charge in [-0.25, -0.2) is 0 Å². The molecule has 1 saturated heterocycles. The van der Waals surface area contributed by atoms with Crippen LogP contribution >= 0.6 is 0 Å². The molecule has 0 aromatic heterocycles. The van der Waals surface area contributed by atoms with Crippen LogP contribution in [0, 0.1) is 0 Å². The summed E-state index contributed by atoms with van der Waals surface area (Å²) in [6.45, 7) is 2.77. The molecule has 0 saturated carbocycles. The van der Waals surface area contributed by atoms with Gasteiger partial charge in [-0.3, -0.25) is 0 Å². The van der Waals surface area contributed by atoms with Crippen molar-refractivity contribution in [3.63, 3.8) is 0 Å². The van der Waals surface area contributed by atoms with Crippen LogP contribution in [0.4, 0.5) is 0 Å². The highest BCUT2D eigenvalue weighted by atomic mass is 16.5. The summed E-state index contributed by atoms with van der Waals surface area (Å²) in [6, 6.07) is 0.333. The van der Waals surface area contributed by atoms with Crippen molar-refractivity contribution >= 4 is 0 Å². The summed E-state index contributed by atoms with van der Waals surface area (Å²) in [5, 5.41) is 3.16. The second kappa shape index (κ2) is 4.04. The van der Waals surface area contributed by atoms with Gasteiger partial charge >= 0.3 is 0 Å². The SMILES string of the molecule is CNC(CN)C1CCC(C)O1. The summed E-state index contributed by atoms with van der Waals surface area (Å²) >= 11 is 0. The molecule has 0 bridgehead atoms. The Kier molecular flexibility index (Phi) is 3.30. The Morgan fingerprint density at radius 2 is 2.36 bits per heavy atom. The zero-order chi connectivity index (χ0) is 8.27. The topological polar surface area (TPSA) is 47.3 Å². The molecular weight excluding hydrogens is 140 g/mol. The lowest BCUT2D eigenvalue weighted by Gasteiger charge is -2.21. The Bertz CT molecular complexity index is 115. The summed E-state index contributed by atoms with van der Waals surface area (Å²) in [5.74, 6) is 0. The van der Waals surface area contributed by atoms with Crippen LogP contribution in [-0.2, 0) is 4.74 Å². The standard InChI is InChI=1S/C8H18N2O/c1-6-3-4-8(11-6)7(5-9)10-2/h6-8,10H,3-5,9H2,1-2H3. The van der Waals surface area contributed by atoms with Crippen molar-refractivity contribution in [2.24, 2.45) is 5.73 Å². The van der Waals surface area contributed by atoms with E-state index in [1.165, 1.54) is 6.42 Å². The number of nitrogens with one attached hydrogen (secondary N) is 1. The molecule has 1 heterocycles. The van der Waals surface area contributed by atoms with E-state index in [-0.39, 0.29) is 0 Å². The second-order valence-electron chi connectivity index (χ2n) is 3.19. The fourth-order valence-electron chi connectivity index (χ4n) is 1.58. The predicted octanol–water partition coefficient (Wildman–Crippen LogP) is 0.101. The van der Waals surface area contributed by atoms with Gasteiger partial charge in [0.15, 0.2) is 0 Å². The summed E-state index contributed by atoms with van der Waals surface area (Å²) in [5.41, 5.74) is 5.57. The van der Waals surface area contributed by atoms with Gasteiger partial charge in [-0.2, -0.15) is 0 Å². The summed E-state index contributed by atoms with van der Waals surface area (Å²) < 4.78 is 5.66. The third-order valence-electron chi connectivity index (χ3n) is 2.34. The van der Waals surface area contributed by atoms with Gasteiger partial charge < -0.3 is 15.8 Å². The normalized spacial score (nSPS) is 34.1. The molecule has 11 heavy (non-hydrogen) atoms. The van der Waals surface area contributed by atoms with Gasteiger partial charge in [-0.15, -0.1) is 0 Å². The monoisotopic (exact) mass is 158 g/mol. The molecule has 1 rings (SSSR count). The molecule has 0 aliphatic carbocycles. The van der Waals surface area contributed by atoms with E-state index in [9.17, 15) is 0 Å². The number of nitrogens with two attached hydrogens (primary N) is 1. The zero-order valence-corrected chi connectivity index (χ0v) is 7.34. The van der Waals surface area contributed by atoms with E-state index < -0.39 is 0 Å². The zero-order valence-electron chi connectivity index (χ0n) is 7.34. The van der Waals surface area contributed by atoms with Crippen LogP contribution in [0.5, 0.6) is 0 Å². The highest BCUT2D eigenvalue weighted by Gasteiger charge is 2.27. The van der Waals surface area contributed by atoms with E-state index in [0.29, 0.717) is 24.8 Å². The van der Waals surface area contributed by atoms with Crippen LogP contribution in [0.25, 0.3) is 0 Å². The van der Waals surface area contributed by atoms with E-state index in [1.54, 1.807) is 0 Å². The molecule has 3 nitrogen and oxygen atoms in total. The number of likely N-dealkylation sites (N-methyl/N-ethyl adjacent to an activating group) is 1. The van der Waals surface area contributed by atoms with Crippen molar-refractivity contribution in [3.05, 3.63) is 0 Å². The molecule has 3 heteroatoms. The van der Waals surface area contributed by atoms with Crippen molar-refractivity contribution in [1.82, 2.24) is 5.32 Å². The highest BCUT2D eigenvalue weighted by Crippen LogP contribution is 2.20. The molecular formula is C8H18N2O. The van der Waals surface area contributed by atoms with Gasteiger partial charge in [-0.05, 0) is 26.8 Å². The minimum atomic E-state index is 0.333. The Labute approximate surface area is 68.3 Å². The van der Waals surface area contributed by atoms with Gasteiger partial charge in [0.05, 0.1) is 12.2 Å². The number of hydrogen-bond donors (Lipinski definition) is 2.